The molecule has 1 unspecified atom stereocenters. The molecule has 14 heavy (non-hydrogen) atoms. The fourth-order valence-electron chi connectivity index (χ4n) is 1.14. The standard InChI is InChI=1S/C8H17BO4.Bi.3H/c1-3-5-6-7(4-2)8(10)13-9(11)12;;;;/h7,11-12H,3-6H2,1-2H3;;;;. The van der Waals surface area contributed by atoms with Crippen LogP contribution in [0.4, 0.5) is 0 Å². The Morgan fingerprint density at radius 2 is 2.00 bits per heavy atom. The van der Waals surface area contributed by atoms with Gasteiger partial charge in [-0.3, -0.25) is 4.79 Å². The molecule has 0 saturated carbocycles. The average Bonchev–Trinajstić information content (AvgIpc) is 2.04. The quantitative estimate of drug-likeness (QED) is 0.593. The van der Waals surface area contributed by atoms with Gasteiger partial charge >= 0.3 is 33.5 Å². The van der Waals surface area contributed by atoms with Crippen molar-refractivity contribution in [3.8, 4) is 0 Å². The van der Waals surface area contributed by atoms with Gasteiger partial charge in [0.05, 0.1) is 5.92 Å². The zero-order valence-corrected chi connectivity index (χ0v) is 14.4. The molecule has 0 bridgehead atoms. The molecule has 0 heterocycles. The third-order valence-electron chi connectivity index (χ3n) is 1.95. The van der Waals surface area contributed by atoms with Crippen molar-refractivity contribution >= 4 is 39.5 Å². The Morgan fingerprint density at radius 3 is 2.36 bits per heavy atom. The van der Waals surface area contributed by atoms with Crippen molar-refractivity contribution in [2.45, 2.75) is 39.5 Å². The van der Waals surface area contributed by atoms with Crippen LogP contribution >= 0.6 is 0 Å². The molecule has 0 aromatic rings. The molecule has 84 valence electrons. The minimum atomic E-state index is -1.98. The van der Waals surface area contributed by atoms with Gasteiger partial charge in [-0.2, -0.15) is 0 Å². The van der Waals surface area contributed by atoms with Gasteiger partial charge in [0, 0.05) is 0 Å². The molecule has 0 radical (unpaired) electrons. The zero-order chi connectivity index (χ0) is 10.3. The van der Waals surface area contributed by atoms with E-state index in [1.54, 1.807) is 0 Å². The summed E-state index contributed by atoms with van der Waals surface area (Å²) in [5, 5.41) is 16.8. The van der Waals surface area contributed by atoms with Gasteiger partial charge in [-0.25, -0.2) is 0 Å². The number of rotatable bonds is 6. The molecule has 0 fully saturated rings. The van der Waals surface area contributed by atoms with Crippen LogP contribution in [-0.2, 0) is 9.45 Å². The van der Waals surface area contributed by atoms with Crippen LogP contribution in [0, 0.1) is 5.92 Å². The average molecular weight is 400 g/mol. The summed E-state index contributed by atoms with van der Waals surface area (Å²) < 4.78 is 4.27. The Labute approximate surface area is 104 Å². The Kier molecular flexibility index (Phi) is 11.8. The van der Waals surface area contributed by atoms with Crippen LogP contribution in [0.3, 0.4) is 0 Å². The summed E-state index contributed by atoms with van der Waals surface area (Å²) in [6, 6.07) is 0. The Balaban J connectivity index is 0. The van der Waals surface area contributed by atoms with E-state index in [0.29, 0.717) is 6.42 Å². The third-order valence-corrected chi connectivity index (χ3v) is 1.95. The molecule has 0 aliphatic carbocycles. The third kappa shape index (κ3) is 7.72. The van der Waals surface area contributed by atoms with Crippen molar-refractivity contribution in [3.05, 3.63) is 0 Å². The van der Waals surface area contributed by atoms with E-state index < -0.39 is 13.3 Å². The van der Waals surface area contributed by atoms with Crippen LogP contribution in [0.2, 0.25) is 0 Å². The Morgan fingerprint density at radius 1 is 1.43 bits per heavy atom. The van der Waals surface area contributed by atoms with Crippen LogP contribution in [0.5, 0.6) is 0 Å². The molecule has 2 N–H and O–H groups in total. The van der Waals surface area contributed by atoms with Gasteiger partial charge in [-0.05, 0) is 12.8 Å². The monoisotopic (exact) mass is 400 g/mol. The molecular formula is C8H20BBiO4. The van der Waals surface area contributed by atoms with E-state index in [-0.39, 0.29) is 32.1 Å². The summed E-state index contributed by atoms with van der Waals surface area (Å²) >= 11 is 0. The van der Waals surface area contributed by atoms with Gasteiger partial charge in [0.2, 0.25) is 0 Å². The summed E-state index contributed by atoms with van der Waals surface area (Å²) in [6.45, 7) is 3.92. The van der Waals surface area contributed by atoms with Crippen molar-refractivity contribution in [3.63, 3.8) is 0 Å². The molecule has 4 nitrogen and oxygen atoms in total. The molecule has 0 saturated heterocycles. The van der Waals surface area contributed by atoms with E-state index in [0.717, 1.165) is 19.3 Å². The fraction of sp³-hybridized carbons (Fsp3) is 0.875. The van der Waals surface area contributed by atoms with E-state index >= 15 is 0 Å². The normalized spacial score (nSPS) is 11.4. The molecule has 0 aromatic heterocycles. The van der Waals surface area contributed by atoms with Crippen LogP contribution in [-0.4, -0.2) is 49.5 Å². The van der Waals surface area contributed by atoms with Gasteiger partial charge in [0.25, 0.3) is 5.97 Å². The molecule has 6 heteroatoms. The second-order valence-corrected chi connectivity index (χ2v) is 3.01. The predicted octanol–water partition coefficient (Wildman–Crippen LogP) is -0.468. The van der Waals surface area contributed by atoms with Gasteiger partial charge in [-0.1, -0.05) is 26.7 Å². The SMILES string of the molecule is CCCCC(CC)C(=O)OB(O)O.[BiH3]. The topological polar surface area (TPSA) is 66.8 Å². The zero-order valence-electron chi connectivity index (χ0n) is 8.90. The molecule has 1 atom stereocenters. The first kappa shape index (κ1) is 16.8. The first-order valence-electron chi connectivity index (χ1n) is 4.68. The second kappa shape index (κ2) is 9.88. The van der Waals surface area contributed by atoms with Gasteiger partial charge in [0.1, 0.15) is 0 Å². The van der Waals surface area contributed by atoms with E-state index in [4.69, 9.17) is 10.0 Å². The molecule has 0 aromatic carbocycles. The van der Waals surface area contributed by atoms with Crippen molar-refractivity contribution < 1.29 is 19.5 Å². The number of unbranched alkanes of at least 4 members (excludes halogenated alkanes) is 1. The summed E-state index contributed by atoms with van der Waals surface area (Å²) in [5.74, 6) is -0.729. The molecule has 0 aliphatic rings. The first-order valence-corrected chi connectivity index (χ1v) is 4.68. The molecule has 0 amide bonds. The molecule has 0 aliphatic heterocycles. The second-order valence-electron chi connectivity index (χ2n) is 3.01. The Hall–Kier alpha value is 0.338. The van der Waals surface area contributed by atoms with E-state index in [2.05, 4.69) is 4.65 Å². The number of hydrogen-bond donors (Lipinski definition) is 2. The number of carbonyl (C=O) groups excluding carboxylic acids is 1. The fourth-order valence-corrected chi connectivity index (χ4v) is 1.14. The first-order chi connectivity index (χ1) is 6.11. The van der Waals surface area contributed by atoms with E-state index in [1.807, 2.05) is 13.8 Å². The van der Waals surface area contributed by atoms with Gasteiger partial charge in [0.15, 0.2) is 0 Å². The summed E-state index contributed by atoms with van der Waals surface area (Å²) in [4.78, 5) is 11.1. The van der Waals surface area contributed by atoms with Crippen LogP contribution < -0.4 is 0 Å². The number of hydrogen-bond acceptors (Lipinski definition) is 4. The van der Waals surface area contributed by atoms with E-state index in [1.165, 1.54) is 0 Å². The van der Waals surface area contributed by atoms with E-state index in [9.17, 15) is 4.79 Å². The minimum absolute atomic E-state index is 0. The van der Waals surface area contributed by atoms with Crippen molar-refractivity contribution in [2.24, 2.45) is 5.92 Å². The van der Waals surface area contributed by atoms with Crippen molar-refractivity contribution in [1.29, 1.82) is 0 Å². The van der Waals surface area contributed by atoms with Crippen LogP contribution in [0.1, 0.15) is 39.5 Å². The summed E-state index contributed by atoms with van der Waals surface area (Å²) in [6.07, 6.45) is 3.39. The van der Waals surface area contributed by atoms with Gasteiger partial charge < -0.3 is 14.7 Å². The summed E-state index contributed by atoms with van der Waals surface area (Å²) in [5.41, 5.74) is 0. The summed E-state index contributed by atoms with van der Waals surface area (Å²) in [7, 11) is -1.98. The van der Waals surface area contributed by atoms with Gasteiger partial charge in [-0.15, -0.1) is 0 Å². The van der Waals surface area contributed by atoms with Crippen molar-refractivity contribution in [2.75, 3.05) is 0 Å². The molecule has 0 spiro atoms. The number of carbonyl (C=O) groups is 1. The van der Waals surface area contributed by atoms with Crippen molar-refractivity contribution in [1.82, 2.24) is 0 Å². The maximum absolute atomic E-state index is 11.1. The predicted molar refractivity (Wildman–Crippen MR) is 59.5 cm³/mol. The Bertz CT molecular complexity index is 154. The molecular weight excluding hydrogens is 380 g/mol. The maximum atomic E-state index is 11.1. The molecule has 0 rings (SSSR count). The van der Waals surface area contributed by atoms with Crippen LogP contribution in [0.25, 0.3) is 0 Å². The van der Waals surface area contributed by atoms with Crippen LogP contribution in [0.15, 0.2) is 0 Å².